The van der Waals surface area contributed by atoms with Gasteiger partial charge < -0.3 is 15.5 Å². The molecular formula is C35H30Cl2F2N8O4. The SMILES string of the molecule is Cc1cc(-c2cccc(-c3cccc(-c4cc5c(=O)n(CC6CCC(=O)N6)cnn5c4F)c3Cl)c2Cl)c(F)n1/N=C\N(C=O)CC1CCC(=O)N1. The van der Waals surface area contributed by atoms with Gasteiger partial charge in [-0.2, -0.15) is 23.5 Å². The summed E-state index contributed by atoms with van der Waals surface area (Å²) in [6.45, 7) is 2.05. The summed E-state index contributed by atoms with van der Waals surface area (Å²) in [5, 5.41) is 14.2. The van der Waals surface area contributed by atoms with Gasteiger partial charge in [0.25, 0.3) is 5.56 Å². The van der Waals surface area contributed by atoms with Crippen LogP contribution >= 0.6 is 23.2 Å². The Hall–Kier alpha value is -5.34. The molecule has 2 aliphatic heterocycles. The van der Waals surface area contributed by atoms with Crippen molar-refractivity contribution in [2.24, 2.45) is 5.10 Å². The highest BCUT2D eigenvalue weighted by molar-refractivity contribution is 6.39. The summed E-state index contributed by atoms with van der Waals surface area (Å²) in [6, 6.07) is 12.5. The van der Waals surface area contributed by atoms with E-state index in [1.54, 1.807) is 49.4 Å². The van der Waals surface area contributed by atoms with Crippen LogP contribution in [0.1, 0.15) is 31.4 Å². The number of rotatable bonds is 10. The molecule has 2 fully saturated rings. The van der Waals surface area contributed by atoms with Crippen molar-refractivity contribution >= 4 is 53.3 Å². The van der Waals surface area contributed by atoms with E-state index in [1.807, 2.05) is 0 Å². The van der Waals surface area contributed by atoms with Crippen LogP contribution < -0.4 is 16.2 Å². The van der Waals surface area contributed by atoms with E-state index in [1.165, 1.54) is 28.2 Å². The first-order valence-corrected chi connectivity index (χ1v) is 16.9. The maximum absolute atomic E-state index is 15.9. The number of aromatic nitrogens is 4. The zero-order valence-corrected chi connectivity index (χ0v) is 28.6. The predicted octanol–water partition coefficient (Wildman–Crippen LogP) is 5.00. The van der Waals surface area contributed by atoms with Crippen molar-refractivity contribution in [1.29, 1.82) is 0 Å². The summed E-state index contributed by atoms with van der Waals surface area (Å²) in [4.78, 5) is 49.3. The number of nitrogens with zero attached hydrogens (tertiary/aromatic N) is 6. The Morgan fingerprint density at radius 2 is 1.45 bits per heavy atom. The molecule has 3 amide bonds. The molecule has 0 aliphatic carbocycles. The van der Waals surface area contributed by atoms with Gasteiger partial charge in [-0.05, 0) is 31.9 Å². The minimum atomic E-state index is -0.789. The van der Waals surface area contributed by atoms with Crippen LogP contribution in [0.15, 0.2) is 64.8 Å². The van der Waals surface area contributed by atoms with Crippen LogP contribution in [0.2, 0.25) is 10.0 Å². The van der Waals surface area contributed by atoms with Gasteiger partial charge in [-0.3, -0.25) is 23.7 Å². The average Bonchev–Trinajstić information content (AvgIpc) is 3.87. The average molecular weight is 736 g/mol. The normalized spacial score (nSPS) is 17.4. The molecule has 262 valence electrons. The van der Waals surface area contributed by atoms with Crippen LogP contribution in [0.4, 0.5) is 8.78 Å². The lowest BCUT2D eigenvalue weighted by atomic mass is 9.97. The third kappa shape index (κ3) is 6.40. The summed E-state index contributed by atoms with van der Waals surface area (Å²) >= 11 is 13.9. The fourth-order valence-electron chi connectivity index (χ4n) is 6.56. The van der Waals surface area contributed by atoms with Gasteiger partial charge in [0.2, 0.25) is 30.1 Å². The molecule has 2 unspecified atom stereocenters. The van der Waals surface area contributed by atoms with Gasteiger partial charge in [-0.1, -0.05) is 59.6 Å². The molecule has 0 bridgehead atoms. The Labute approximate surface area is 299 Å². The zero-order valence-electron chi connectivity index (χ0n) is 27.1. The molecule has 2 saturated heterocycles. The van der Waals surface area contributed by atoms with Crippen LogP contribution in [0, 0.1) is 18.8 Å². The lowest BCUT2D eigenvalue weighted by molar-refractivity contribution is -0.120. The predicted molar refractivity (Wildman–Crippen MR) is 187 cm³/mol. The highest BCUT2D eigenvalue weighted by Gasteiger charge is 2.26. The third-order valence-electron chi connectivity index (χ3n) is 9.14. The number of halogens is 4. The Morgan fingerprint density at radius 3 is 2.02 bits per heavy atom. The second kappa shape index (κ2) is 13.8. The molecule has 0 saturated carbocycles. The van der Waals surface area contributed by atoms with E-state index in [9.17, 15) is 19.2 Å². The van der Waals surface area contributed by atoms with Gasteiger partial charge >= 0.3 is 0 Å². The molecule has 0 spiro atoms. The van der Waals surface area contributed by atoms with E-state index < -0.39 is 17.5 Å². The number of hydrogen-bond donors (Lipinski definition) is 2. The number of carbonyl (C=O) groups is 3. The van der Waals surface area contributed by atoms with Crippen molar-refractivity contribution in [3.63, 3.8) is 0 Å². The van der Waals surface area contributed by atoms with Gasteiger partial charge in [-0.15, -0.1) is 0 Å². The lowest BCUT2D eigenvalue weighted by Crippen LogP contribution is -2.37. The van der Waals surface area contributed by atoms with E-state index in [-0.39, 0.29) is 69.2 Å². The molecule has 0 radical (unpaired) electrons. The van der Waals surface area contributed by atoms with Crippen LogP contribution in [-0.2, 0) is 20.9 Å². The van der Waals surface area contributed by atoms with Crippen molar-refractivity contribution < 1.29 is 23.2 Å². The van der Waals surface area contributed by atoms with Crippen molar-refractivity contribution in [3.8, 4) is 33.4 Å². The summed E-state index contributed by atoms with van der Waals surface area (Å²) in [6.07, 6.45) is 4.91. The second-order valence-electron chi connectivity index (χ2n) is 12.5. The van der Waals surface area contributed by atoms with E-state index in [2.05, 4.69) is 20.8 Å². The third-order valence-corrected chi connectivity index (χ3v) is 9.95. The first kappa shape index (κ1) is 34.1. The number of nitrogens with one attached hydrogen (secondary N) is 2. The van der Waals surface area contributed by atoms with E-state index >= 15 is 8.78 Å². The van der Waals surface area contributed by atoms with Crippen molar-refractivity contribution in [3.05, 3.63) is 92.8 Å². The van der Waals surface area contributed by atoms with E-state index in [0.717, 1.165) is 9.19 Å². The molecule has 2 atom stereocenters. The molecule has 16 heteroatoms. The number of amides is 3. The van der Waals surface area contributed by atoms with Crippen molar-refractivity contribution in [2.75, 3.05) is 6.54 Å². The topological polar surface area (TPSA) is 135 Å². The van der Waals surface area contributed by atoms with Gasteiger partial charge in [0.15, 0.2) is 0 Å². The number of carbonyl (C=O) groups excluding carboxylic acids is 3. The highest BCUT2D eigenvalue weighted by atomic mass is 35.5. The van der Waals surface area contributed by atoms with Gasteiger partial charge in [0.05, 0.1) is 10.0 Å². The molecule has 7 rings (SSSR count). The smallest absolute Gasteiger partial charge is 0.277 e. The van der Waals surface area contributed by atoms with Gasteiger partial charge in [0, 0.05) is 77.1 Å². The Kier molecular flexibility index (Phi) is 9.21. The molecule has 2 N–H and O–H groups in total. The minimum Gasteiger partial charge on any atom is -0.352 e. The highest BCUT2D eigenvalue weighted by Crippen LogP contribution is 2.43. The molecule has 5 aromatic rings. The summed E-state index contributed by atoms with van der Waals surface area (Å²) < 4.78 is 35.0. The van der Waals surface area contributed by atoms with Crippen LogP contribution in [-0.4, -0.2) is 66.9 Å². The summed E-state index contributed by atoms with van der Waals surface area (Å²) in [5.41, 5.74) is 1.65. The van der Waals surface area contributed by atoms with E-state index in [0.29, 0.717) is 54.5 Å². The Morgan fingerprint density at radius 1 is 0.882 bits per heavy atom. The quantitative estimate of drug-likeness (QED) is 0.118. The van der Waals surface area contributed by atoms with Crippen molar-refractivity contribution in [1.82, 2.24) is 34.4 Å². The zero-order chi connectivity index (χ0) is 36.0. The first-order chi connectivity index (χ1) is 24.5. The summed E-state index contributed by atoms with van der Waals surface area (Å²) in [7, 11) is 0. The minimum absolute atomic E-state index is 0.00425. The molecule has 51 heavy (non-hydrogen) atoms. The molecule has 2 aromatic carbocycles. The number of fused-ring (bicyclic) bond motifs is 1. The fraction of sp³-hybridized carbons (Fsp3) is 0.257. The maximum Gasteiger partial charge on any atom is 0.277 e. The van der Waals surface area contributed by atoms with Crippen LogP contribution in [0.3, 0.4) is 0 Å². The Bertz CT molecular complexity index is 2320. The summed E-state index contributed by atoms with van der Waals surface area (Å²) in [5.74, 6) is -1.69. The molecule has 5 heterocycles. The molecular weight excluding hydrogens is 705 g/mol. The standard InChI is InChI=1S/C35H30Cl2F2N8O4/c1-19-12-26(33(38)46(19)40-16-44(18-48)14-20-8-10-29(49)42-20)24-6-2-4-22(31(24)36)23-5-3-7-25(32(23)37)27-13-28-35(51)45(17-41-47(28)34(27)39)15-21-9-11-30(50)43-21/h2-7,12-13,16-18,20-21H,8-11,14-15H2,1H3,(H,42,49)(H,43,50)/b40-16-. The largest absolute Gasteiger partial charge is 0.352 e. The maximum atomic E-state index is 15.9. The van der Waals surface area contributed by atoms with Gasteiger partial charge in [0.1, 0.15) is 18.2 Å². The molecule has 2 aliphatic rings. The lowest BCUT2D eigenvalue weighted by Gasteiger charge is -2.16. The van der Waals surface area contributed by atoms with Crippen LogP contribution in [0.5, 0.6) is 0 Å². The second-order valence-corrected chi connectivity index (χ2v) is 13.3. The molecule has 3 aromatic heterocycles. The van der Waals surface area contributed by atoms with E-state index in [4.69, 9.17) is 23.2 Å². The fourth-order valence-corrected chi connectivity index (χ4v) is 7.22. The molecule has 12 nitrogen and oxygen atoms in total. The Balaban J connectivity index is 1.20. The number of benzene rings is 2. The monoisotopic (exact) mass is 734 g/mol. The first-order valence-electron chi connectivity index (χ1n) is 16.1. The van der Waals surface area contributed by atoms with Crippen LogP contribution in [0.25, 0.3) is 38.9 Å². The van der Waals surface area contributed by atoms with Gasteiger partial charge in [-0.25, -0.2) is 4.68 Å². The number of aryl methyl sites for hydroxylation is 1. The number of hydrogen-bond acceptors (Lipinski definition) is 6. The van der Waals surface area contributed by atoms with Crippen molar-refractivity contribution in [2.45, 2.75) is 51.2 Å².